The molecule has 1 atom stereocenters. The molecule has 17 heavy (non-hydrogen) atoms. The maximum Gasteiger partial charge on any atom is 0.213 e. The van der Waals surface area contributed by atoms with Crippen molar-refractivity contribution in [2.45, 2.75) is 12.5 Å². The summed E-state index contributed by atoms with van der Waals surface area (Å²) >= 11 is 0. The molecule has 3 heteroatoms. The number of rotatable bonds is 4. The van der Waals surface area contributed by atoms with Gasteiger partial charge in [-0.05, 0) is 11.6 Å². The van der Waals surface area contributed by atoms with Crippen molar-refractivity contribution in [1.82, 2.24) is 4.98 Å². The van der Waals surface area contributed by atoms with Gasteiger partial charge in [0.1, 0.15) is 6.10 Å². The fourth-order valence-corrected chi connectivity index (χ4v) is 1.67. The molecule has 1 heterocycles. The van der Waals surface area contributed by atoms with Gasteiger partial charge < -0.3 is 9.84 Å². The number of pyridine rings is 1. The summed E-state index contributed by atoms with van der Waals surface area (Å²) in [6.07, 6.45) is -0.0476. The second-order valence-corrected chi connectivity index (χ2v) is 3.81. The van der Waals surface area contributed by atoms with Gasteiger partial charge in [-0.15, -0.1) is 0 Å². The molecule has 0 aliphatic heterocycles. The fraction of sp³-hybridized carbons (Fsp3) is 0.214. The third-order valence-electron chi connectivity index (χ3n) is 2.57. The lowest BCUT2D eigenvalue weighted by molar-refractivity contribution is 0.172. The van der Waals surface area contributed by atoms with Crippen LogP contribution in [0.5, 0.6) is 5.88 Å². The van der Waals surface area contributed by atoms with E-state index in [1.54, 1.807) is 19.2 Å². The topological polar surface area (TPSA) is 42.4 Å². The van der Waals surface area contributed by atoms with Crippen LogP contribution in [0, 0.1) is 0 Å². The minimum absolute atomic E-state index is 0.523. The van der Waals surface area contributed by atoms with Gasteiger partial charge in [0.05, 0.1) is 12.8 Å². The highest BCUT2D eigenvalue weighted by Gasteiger charge is 2.10. The van der Waals surface area contributed by atoms with Crippen LogP contribution >= 0.6 is 0 Å². The maximum absolute atomic E-state index is 10.1. The molecule has 0 aliphatic rings. The fourth-order valence-electron chi connectivity index (χ4n) is 1.67. The lowest BCUT2D eigenvalue weighted by Crippen LogP contribution is -2.04. The Morgan fingerprint density at radius 3 is 2.59 bits per heavy atom. The number of ether oxygens (including phenoxy) is 1. The van der Waals surface area contributed by atoms with Crippen LogP contribution in [0.3, 0.4) is 0 Å². The zero-order chi connectivity index (χ0) is 12.1. The predicted octanol–water partition coefficient (Wildman–Crippen LogP) is 2.37. The molecule has 2 rings (SSSR count). The van der Waals surface area contributed by atoms with E-state index in [4.69, 9.17) is 4.74 Å². The van der Waals surface area contributed by atoms with Crippen LogP contribution in [0.2, 0.25) is 0 Å². The van der Waals surface area contributed by atoms with Gasteiger partial charge in [-0.3, -0.25) is 0 Å². The monoisotopic (exact) mass is 229 g/mol. The van der Waals surface area contributed by atoms with Crippen LogP contribution in [-0.4, -0.2) is 17.2 Å². The molecule has 0 aliphatic carbocycles. The molecule has 2 aromatic rings. The lowest BCUT2D eigenvalue weighted by Gasteiger charge is -2.11. The van der Waals surface area contributed by atoms with E-state index in [9.17, 15) is 5.11 Å². The first-order valence-electron chi connectivity index (χ1n) is 5.52. The lowest BCUT2D eigenvalue weighted by atomic mass is 10.1. The first-order chi connectivity index (χ1) is 8.29. The number of nitrogens with zero attached hydrogens (tertiary/aromatic N) is 1. The Morgan fingerprint density at radius 1 is 1.12 bits per heavy atom. The molecule has 0 bridgehead atoms. The van der Waals surface area contributed by atoms with Crippen molar-refractivity contribution in [3.05, 3.63) is 59.8 Å². The molecule has 1 unspecified atom stereocenters. The van der Waals surface area contributed by atoms with E-state index in [0.29, 0.717) is 18.0 Å². The quantitative estimate of drug-likeness (QED) is 0.875. The molecule has 0 saturated heterocycles. The number of hydrogen-bond acceptors (Lipinski definition) is 3. The van der Waals surface area contributed by atoms with Gasteiger partial charge in [-0.1, -0.05) is 36.4 Å². The first-order valence-corrected chi connectivity index (χ1v) is 5.52. The maximum atomic E-state index is 10.1. The van der Waals surface area contributed by atoms with E-state index in [1.807, 2.05) is 36.4 Å². The van der Waals surface area contributed by atoms with E-state index in [1.165, 1.54) is 0 Å². The van der Waals surface area contributed by atoms with E-state index < -0.39 is 6.10 Å². The highest BCUT2D eigenvalue weighted by molar-refractivity contribution is 5.21. The summed E-state index contributed by atoms with van der Waals surface area (Å²) in [7, 11) is 1.57. The number of aliphatic hydroxyl groups excluding tert-OH is 1. The van der Waals surface area contributed by atoms with Crippen molar-refractivity contribution < 1.29 is 9.84 Å². The highest BCUT2D eigenvalue weighted by Crippen LogP contribution is 2.18. The summed E-state index contributed by atoms with van der Waals surface area (Å²) in [6, 6.07) is 15.2. The molecule has 0 fully saturated rings. The second kappa shape index (κ2) is 5.46. The van der Waals surface area contributed by atoms with Gasteiger partial charge in [0.2, 0.25) is 5.88 Å². The third-order valence-corrected chi connectivity index (χ3v) is 2.57. The number of benzene rings is 1. The second-order valence-electron chi connectivity index (χ2n) is 3.81. The Labute approximate surface area is 101 Å². The summed E-state index contributed by atoms with van der Waals surface area (Å²) in [5.74, 6) is 0.523. The van der Waals surface area contributed by atoms with Crippen LogP contribution in [0.1, 0.15) is 17.4 Å². The molecule has 1 N–H and O–H groups in total. The molecule has 1 aromatic carbocycles. The summed E-state index contributed by atoms with van der Waals surface area (Å²) in [6.45, 7) is 0. The van der Waals surface area contributed by atoms with Gasteiger partial charge in [-0.25, -0.2) is 4.98 Å². The molecule has 88 valence electrons. The van der Waals surface area contributed by atoms with E-state index in [-0.39, 0.29) is 0 Å². The highest BCUT2D eigenvalue weighted by atomic mass is 16.5. The molecule has 0 spiro atoms. The Balaban J connectivity index is 2.11. The Kier molecular flexibility index (Phi) is 3.73. The van der Waals surface area contributed by atoms with Crippen molar-refractivity contribution in [3.8, 4) is 5.88 Å². The molecular formula is C14H15NO2. The summed E-state index contributed by atoms with van der Waals surface area (Å²) in [4.78, 5) is 4.22. The average molecular weight is 229 g/mol. The number of aromatic nitrogens is 1. The zero-order valence-electron chi connectivity index (χ0n) is 9.71. The average Bonchev–Trinajstić information content (AvgIpc) is 2.40. The van der Waals surface area contributed by atoms with Crippen molar-refractivity contribution in [3.63, 3.8) is 0 Å². The predicted molar refractivity (Wildman–Crippen MR) is 65.9 cm³/mol. The molecule has 0 saturated carbocycles. The van der Waals surface area contributed by atoms with E-state index >= 15 is 0 Å². The van der Waals surface area contributed by atoms with Gasteiger partial charge >= 0.3 is 0 Å². The number of hydrogen-bond donors (Lipinski definition) is 1. The van der Waals surface area contributed by atoms with Crippen LogP contribution in [-0.2, 0) is 6.42 Å². The van der Waals surface area contributed by atoms with Crippen molar-refractivity contribution in [2.75, 3.05) is 7.11 Å². The summed E-state index contributed by atoms with van der Waals surface area (Å²) < 4.78 is 5.03. The standard InChI is InChI=1S/C14H15NO2/c1-17-14-9-5-8-12(15-14)13(16)10-11-6-3-2-4-7-11/h2-9,13,16H,10H2,1H3. The first kappa shape index (κ1) is 11.6. The third kappa shape index (κ3) is 3.04. The Hall–Kier alpha value is -1.87. The zero-order valence-corrected chi connectivity index (χ0v) is 9.71. The van der Waals surface area contributed by atoms with Crippen molar-refractivity contribution in [1.29, 1.82) is 0 Å². The molecule has 3 nitrogen and oxygen atoms in total. The minimum Gasteiger partial charge on any atom is -0.481 e. The Morgan fingerprint density at radius 2 is 1.88 bits per heavy atom. The van der Waals surface area contributed by atoms with Gasteiger partial charge in [0.25, 0.3) is 0 Å². The summed E-state index contributed by atoms with van der Waals surface area (Å²) in [5, 5.41) is 10.1. The largest absolute Gasteiger partial charge is 0.481 e. The number of aliphatic hydroxyl groups is 1. The molecule has 1 aromatic heterocycles. The normalized spacial score (nSPS) is 12.1. The molecule has 0 radical (unpaired) electrons. The Bertz CT molecular complexity index is 471. The number of methoxy groups -OCH3 is 1. The van der Waals surface area contributed by atoms with Crippen molar-refractivity contribution >= 4 is 0 Å². The van der Waals surface area contributed by atoms with Crippen LogP contribution in [0.4, 0.5) is 0 Å². The summed E-state index contributed by atoms with van der Waals surface area (Å²) in [5.41, 5.74) is 1.72. The van der Waals surface area contributed by atoms with Gasteiger partial charge in [0, 0.05) is 12.5 Å². The van der Waals surface area contributed by atoms with E-state index in [0.717, 1.165) is 5.56 Å². The van der Waals surface area contributed by atoms with Gasteiger partial charge in [0.15, 0.2) is 0 Å². The molecular weight excluding hydrogens is 214 g/mol. The minimum atomic E-state index is -0.604. The van der Waals surface area contributed by atoms with Gasteiger partial charge in [-0.2, -0.15) is 0 Å². The van der Waals surface area contributed by atoms with Crippen LogP contribution in [0.15, 0.2) is 48.5 Å². The van der Waals surface area contributed by atoms with E-state index in [2.05, 4.69) is 4.98 Å². The SMILES string of the molecule is COc1cccc(C(O)Cc2ccccc2)n1. The van der Waals surface area contributed by atoms with Crippen molar-refractivity contribution in [2.24, 2.45) is 0 Å². The van der Waals surface area contributed by atoms with Crippen LogP contribution < -0.4 is 4.74 Å². The molecule has 0 amide bonds. The van der Waals surface area contributed by atoms with Crippen LogP contribution in [0.25, 0.3) is 0 Å². The smallest absolute Gasteiger partial charge is 0.213 e.